The highest BCUT2D eigenvalue weighted by Gasteiger charge is 2.42. The molecule has 4 N–H and O–H groups in total. The first-order valence-electron chi connectivity index (χ1n) is 7.69. The molecule has 132 valence electrons. The van der Waals surface area contributed by atoms with E-state index in [1.165, 1.54) is 11.9 Å². The number of nitrogens with zero attached hydrogens (tertiary/aromatic N) is 2. The molecular formula is C15H18N6O3S. The molecule has 4 amide bonds. The predicted molar refractivity (Wildman–Crippen MR) is 94.8 cm³/mol. The molecule has 0 bridgehead atoms. The maximum atomic E-state index is 12.9. The third-order valence-electron chi connectivity index (χ3n) is 3.76. The lowest BCUT2D eigenvalue weighted by Gasteiger charge is -2.32. The van der Waals surface area contributed by atoms with Crippen molar-refractivity contribution in [3.05, 3.63) is 30.3 Å². The van der Waals surface area contributed by atoms with Gasteiger partial charge in [-0.25, -0.2) is 15.2 Å². The van der Waals surface area contributed by atoms with Crippen molar-refractivity contribution in [1.29, 1.82) is 0 Å². The number of hydrazine groups is 1. The Balaban J connectivity index is 1.79. The van der Waals surface area contributed by atoms with Crippen molar-refractivity contribution in [2.24, 2.45) is 10.9 Å². The molecule has 9 nitrogen and oxygen atoms in total. The molecule has 10 heteroatoms. The molecule has 1 aromatic carbocycles. The summed E-state index contributed by atoms with van der Waals surface area (Å²) in [6.45, 7) is 0.492. The number of aliphatic imine (C=N–C) groups is 1. The Hall–Kier alpha value is -2.43. The number of carbonyl (C=O) groups is 3. The van der Waals surface area contributed by atoms with E-state index in [4.69, 9.17) is 0 Å². The molecule has 0 aromatic heterocycles. The minimum absolute atomic E-state index is 0.0340. The molecule has 2 aliphatic heterocycles. The summed E-state index contributed by atoms with van der Waals surface area (Å²) in [5.41, 5.74) is 6.59. The van der Waals surface area contributed by atoms with Crippen LogP contribution >= 0.6 is 11.8 Å². The fourth-order valence-electron chi connectivity index (χ4n) is 2.54. The van der Waals surface area contributed by atoms with Crippen LogP contribution in [0.15, 0.2) is 35.3 Å². The molecule has 25 heavy (non-hydrogen) atoms. The Morgan fingerprint density at radius 1 is 1.36 bits per heavy atom. The number of carbonyl (C=O) groups excluding carboxylic acids is 3. The molecule has 1 aromatic rings. The van der Waals surface area contributed by atoms with Crippen LogP contribution in [0, 0.1) is 5.92 Å². The van der Waals surface area contributed by atoms with Gasteiger partial charge in [0, 0.05) is 13.6 Å². The van der Waals surface area contributed by atoms with Crippen LogP contribution in [-0.2, 0) is 9.59 Å². The van der Waals surface area contributed by atoms with Crippen LogP contribution in [-0.4, -0.2) is 48.5 Å². The molecular weight excluding hydrogens is 344 g/mol. The van der Waals surface area contributed by atoms with E-state index in [0.717, 1.165) is 11.8 Å². The van der Waals surface area contributed by atoms with Crippen molar-refractivity contribution >= 4 is 40.5 Å². The van der Waals surface area contributed by atoms with Gasteiger partial charge < -0.3 is 5.32 Å². The summed E-state index contributed by atoms with van der Waals surface area (Å²) in [6, 6.07) is 8.58. The van der Waals surface area contributed by atoms with Gasteiger partial charge in [0.05, 0.1) is 17.4 Å². The van der Waals surface area contributed by atoms with Crippen molar-refractivity contribution in [2.45, 2.75) is 6.17 Å². The van der Waals surface area contributed by atoms with E-state index in [2.05, 4.69) is 26.5 Å². The number of thioether (sulfide) groups is 1. The normalized spacial score (nSPS) is 22.2. The summed E-state index contributed by atoms with van der Waals surface area (Å²) < 4.78 is 0. The van der Waals surface area contributed by atoms with Gasteiger partial charge >= 0.3 is 6.03 Å². The van der Waals surface area contributed by atoms with Gasteiger partial charge in [0.15, 0.2) is 5.17 Å². The molecule has 0 radical (unpaired) electrons. The average Bonchev–Trinajstić information content (AvgIpc) is 3.09. The predicted octanol–water partition coefficient (Wildman–Crippen LogP) is -0.372. The number of nitrogens with one attached hydrogen (secondary N) is 4. The smallest absolute Gasteiger partial charge is 0.321 e. The Morgan fingerprint density at radius 2 is 2.12 bits per heavy atom. The Morgan fingerprint density at radius 3 is 2.84 bits per heavy atom. The highest BCUT2D eigenvalue weighted by Crippen LogP contribution is 2.28. The quantitative estimate of drug-likeness (QED) is 0.583. The van der Waals surface area contributed by atoms with Gasteiger partial charge in [0.1, 0.15) is 6.17 Å². The zero-order valence-corrected chi connectivity index (χ0v) is 14.3. The van der Waals surface area contributed by atoms with Gasteiger partial charge in [-0.3, -0.25) is 25.2 Å². The highest BCUT2D eigenvalue weighted by atomic mass is 32.2. The van der Waals surface area contributed by atoms with E-state index >= 15 is 0 Å². The molecule has 0 aliphatic carbocycles. The molecule has 0 saturated carbocycles. The van der Waals surface area contributed by atoms with E-state index in [1.54, 1.807) is 0 Å². The summed E-state index contributed by atoms with van der Waals surface area (Å²) in [6.07, 6.45) is -0.364. The molecule has 2 heterocycles. The van der Waals surface area contributed by atoms with Gasteiger partial charge in [0.2, 0.25) is 11.8 Å². The first kappa shape index (κ1) is 17.4. The SMILES string of the molecule is CNC(=O)NC(=O)CSC1=NC2NNCC2C(=O)N1c1ccccc1. The van der Waals surface area contributed by atoms with Gasteiger partial charge in [-0.2, -0.15) is 0 Å². The van der Waals surface area contributed by atoms with Crippen LogP contribution in [0.25, 0.3) is 0 Å². The van der Waals surface area contributed by atoms with Gasteiger partial charge in [-0.05, 0) is 12.1 Å². The van der Waals surface area contributed by atoms with Crippen molar-refractivity contribution < 1.29 is 14.4 Å². The highest BCUT2D eigenvalue weighted by molar-refractivity contribution is 8.14. The lowest BCUT2D eigenvalue weighted by atomic mass is 10.1. The molecule has 1 fully saturated rings. The average molecular weight is 362 g/mol. The second-order valence-electron chi connectivity index (χ2n) is 5.41. The zero-order chi connectivity index (χ0) is 17.8. The van der Waals surface area contributed by atoms with Crippen LogP contribution in [0.4, 0.5) is 10.5 Å². The minimum Gasteiger partial charge on any atom is -0.341 e. The Bertz CT molecular complexity index is 710. The van der Waals surface area contributed by atoms with Crippen LogP contribution in [0.3, 0.4) is 0 Å². The van der Waals surface area contributed by atoms with E-state index in [1.807, 2.05) is 30.3 Å². The van der Waals surface area contributed by atoms with E-state index in [0.29, 0.717) is 17.4 Å². The summed E-state index contributed by atoms with van der Waals surface area (Å²) in [5.74, 6) is -0.887. The van der Waals surface area contributed by atoms with Crippen LogP contribution < -0.4 is 26.4 Å². The van der Waals surface area contributed by atoms with Crippen molar-refractivity contribution in [1.82, 2.24) is 21.5 Å². The number of amidine groups is 1. The third kappa shape index (κ3) is 3.81. The second kappa shape index (κ2) is 7.64. The molecule has 2 unspecified atom stereocenters. The zero-order valence-electron chi connectivity index (χ0n) is 13.5. The van der Waals surface area contributed by atoms with E-state index in [9.17, 15) is 14.4 Å². The minimum atomic E-state index is -0.575. The number of hydrogen-bond donors (Lipinski definition) is 4. The maximum Gasteiger partial charge on any atom is 0.321 e. The number of anilines is 1. The number of amides is 4. The largest absolute Gasteiger partial charge is 0.341 e. The number of fused-ring (bicyclic) bond motifs is 1. The third-order valence-corrected chi connectivity index (χ3v) is 4.71. The fraction of sp³-hybridized carbons (Fsp3) is 0.333. The molecule has 0 spiro atoms. The molecule has 2 aliphatic rings. The molecule has 2 atom stereocenters. The lowest BCUT2D eigenvalue weighted by Crippen LogP contribution is -2.49. The number of hydrogen-bond acceptors (Lipinski definition) is 7. The van der Waals surface area contributed by atoms with Gasteiger partial charge in [0.25, 0.3) is 0 Å². The Kier molecular flexibility index (Phi) is 5.31. The van der Waals surface area contributed by atoms with Crippen LogP contribution in [0.5, 0.6) is 0 Å². The van der Waals surface area contributed by atoms with Crippen LogP contribution in [0.1, 0.15) is 0 Å². The summed E-state index contributed by atoms with van der Waals surface area (Å²) in [4.78, 5) is 42.0. The number of benzene rings is 1. The van der Waals surface area contributed by atoms with E-state index < -0.39 is 11.9 Å². The Labute approximate surface area is 148 Å². The second-order valence-corrected chi connectivity index (χ2v) is 6.36. The lowest BCUT2D eigenvalue weighted by molar-refractivity contribution is -0.121. The first-order valence-corrected chi connectivity index (χ1v) is 8.68. The summed E-state index contributed by atoms with van der Waals surface area (Å²) in [7, 11) is 1.43. The molecule has 1 saturated heterocycles. The monoisotopic (exact) mass is 362 g/mol. The number of imide groups is 1. The first-order chi connectivity index (χ1) is 12.1. The number of para-hydroxylation sites is 1. The van der Waals surface area contributed by atoms with Crippen molar-refractivity contribution in [3.8, 4) is 0 Å². The fourth-order valence-corrected chi connectivity index (χ4v) is 3.38. The number of rotatable bonds is 3. The summed E-state index contributed by atoms with van der Waals surface area (Å²) in [5, 5.41) is 4.91. The number of urea groups is 1. The summed E-state index contributed by atoms with van der Waals surface area (Å²) >= 11 is 1.11. The van der Waals surface area contributed by atoms with Gasteiger partial charge in [-0.1, -0.05) is 30.0 Å². The van der Waals surface area contributed by atoms with Crippen molar-refractivity contribution in [2.75, 3.05) is 24.2 Å². The van der Waals surface area contributed by atoms with Crippen molar-refractivity contribution in [3.63, 3.8) is 0 Å². The van der Waals surface area contributed by atoms with E-state index in [-0.39, 0.29) is 23.7 Å². The molecule has 3 rings (SSSR count). The van der Waals surface area contributed by atoms with Crippen LogP contribution in [0.2, 0.25) is 0 Å². The topological polar surface area (TPSA) is 115 Å². The maximum absolute atomic E-state index is 12.9. The van der Waals surface area contributed by atoms with Gasteiger partial charge in [-0.15, -0.1) is 0 Å². The standard InChI is InChI=1S/C15H18N6O3S/c1-16-14(24)18-11(22)8-25-15-19-12-10(7-17-20-12)13(23)21(15)9-5-3-2-4-6-9/h2-6,10,12,17,20H,7-8H2,1H3,(H2,16,18,22,24).